The number of rotatable bonds is 7. The van der Waals surface area contributed by atoms with Gasteiger partial charge in [0, 0.05) is 17.6 Å². The summed E-state index contributed by atoms with van der Waals surface area (Å²) in [6, 6.07) is 17.1. The van der Waals surface area contributed by atoms with Crippen molar-refractivity contribution in [3.05, 3.63) is 115 Å². The van der Waals surface area contributed by atoms with E-state index in [4.69, 9.17) is 22.1 Å². The minimum Gasteiger partial charge on any atom is -0.457 e. The van der Waals surface area contributed by atoms with E-state index < -0.39 is 23.1 Å². The molecule has 0 aliphatic rings. The maximum absolute atomic E-state index is 14.0. The van der Waals surface area contributed by atoms with Gasteiger partial charge < -0.3 is 10.5 Å². The molecule has 0 bridgehead atoms. The van der Waals surface area contributed by atoms with Crippen molar-refractivity contribution >= 4 is 23.2 Å². The van der Waals surface area contributed by atoms with Crippen molar-refractivity contribution in [1.82, 2.24) is 14.1 Å². The summed E-state index contributed by atoms with van der Waals surface area (Å²) in [5, 5.41) is 0.565. The van der Waals surface area contributed by atoms with Crippen LogP contribution in [0.5, 0.6) is 11.5 Å². The fourth-order valence-corrected chi connectivity index (χ4v) is 3.57. The van der Waals surface area contributed by atoms with Gasteiger partial charge in [-0.2, -0.15) is 0 Å². The van der Waals surface area contributed by atoms with Crippen LogP contribution in [0.1, 0.15) is 22.8 Å². The lowest BCUT2D eigenvalue weighted by atomic mass is 10.2. The van der Waals surface area contributed by atoms with Crippen LogP contribution in [0.25, 0.3) is 0 Å². The Morgan fingerprint density at radius 1 is 1.03 bits per heavy atom. The van der Waals surface area contributed by atoms with Gasteiger partial charge in [0.1, 0.15) is 17.3 Å². The molecule has 1 amide bonds. The molecule has 1 heterocycles. The van der Waals surface area contributed by atoms with Crippen molar-refractivity contribution < 1.29 is 13.9 Å². The highest BCUT2D eigenvalue weighted by atomic mass is 35.5. The van der Waals surface area contributed by atoms with Gasteiger partial charge in [0.2, 0.25) is 5.62 Å². The lowest BCUT2D eigenvalue weighted by Gasteiger charge is -2.10. The molecule has 3 aromatic carbocycles. The van der Waals surface area contributed by atoms with Gasteiger partial charge in [0.05, 0.1) is 17.8 Å². The average Bonchev–Trinajstić information content (AvgIpc) is 2.84. The van der Waals surface area contributed by atoms with Crippen LogP contribution in [0.15, 0.2) is 81.3 Å². The Kier molecular flexibility index (Phi) is 7.16. The summed E-state index contributed by atoms with van der Waals surface area (Å²) in [4.78, 5) is 43.7. The van der Waals surface area contributed by atoms with Crippen molar-refractivity contribution in [3.8, 4) is 11.5 Å². The quantitative estimate of drug-likeness (QED) is 0.396. The van der Waals surface area contributed by atoms with Gasteiger partial charge in [-0.15, -0.1) is 0 Å². The molecule has 9 nitrogen and oxygen atoms in total. The van der Waals surface area contributed by atoms with Crippen LogP contribution >= 0.6 is 11.6 Å². The SMILES string of the molecule is CCn1c(=O)[nH]/c(=N\c2ccc(Oc3ccc(C(N)=O)c(F)c3)cc2)n(Cc2ccc(Cl)cc2)c1=O. The number of amides is 1. The Morgan fingerprint density at radius 2 is 1.69 bits per heavy atom. The van der Waals surface area contributed by atoms with Gasteiger partial charge in [-0.25, -0.2) is 23.5 Å². The van der Waals surface area contributed by atoms with Gasteiger partial charge in [0.15, 0.2) is 0 Å². The first-order valence-electron chi connectivity index (χ1n) is 10.9. The number of H-pyrrole nitrogens is 1. The van der Waals surface area contributed by atoms with Gasteiger partial charge in [-0.1, -0.05) is 23.7 Å². The van der Waals surface area contributed by atoms with Gasteiger partial charge >= 0.3 is 11.4 Å². The molecule has 0 aliphatic carbocycles. The van der Waals surface area contributed by atoms with E-state index in [1.165, 1.54) is 16.7 Å². The molecule has 0 radical (unpaired) electrons. The van der Waals surface area contributed by atoms with Crippen LogP contribution < -0.4 is 27.5 Å². The number of ether oxygens (including phenoxy) is 1. The maximum atomic E-state index is 14.0. The number of carbonyl (C=O) groups excluding carboxylic acids is 1. The van der Waals surface area contributed by atoms with Crippen molar-refractivity contribution in [3.63, 3.8) is 0 Å². The molecular weight excluding hydrogens is 489 g/mol. The molecule has 0 atom stereocenters. The van der Waals surface area contributed by atoms with Gasteiger partial charge in [0.25, 0.3) is 5.91 Å². The largest absolute Gasteiger partial charge is 0.457 e. The third-order valence-electron chi connectivity index (χ3n) is 5.26. The van der Waals surface area contributed by atoms with Crippen LogP contribution in [0.2, 0.25) is 5.02 Å². The highest BCUT2D eigenvalue weighted by molar-refractivity contribution is 6.30. The summed E-state index contributed by atoms with van der Waals surface area (Å²) in [6.07, 6.45) is 0. The average molecular weight is 510 g/mol. The van der Waals surface area contributed by atoms with E-state index in [9.17, 15) is 18.8 Å². The molecule has 0 saturated carbocycles. The van der Waals surface area contributed by atoms with Crippen LogP contribution in [0, 0.1) is 5.82 Å². The molecule has 1 aromatic heterocycles. The Labute approximate surface area is 208 Å². The second-order valence-corrected chi connectivity index (χ2v) is 8.14. The van der Waals surface area contributed by atoms with E-state index in [0.29, 0.717) is 16.5 Å². The standard InChI is InChI=1S/C25H21ClFN5O4/c1-2-31-24(34)30-23(32(25(31)35)14-15-3-5-16(26)6-4-15)29-17-7-9-18(10-8-17)36-19-11-12-20(22(28)33)21(27)13-19/h3-13H,2,14H2,1H3,(H2,28,33)(H,29,30,34). The first-order valence-corrected chi connectivity index (χ1v) is 11.2. The molecule has 184 valence electrons. The Bertz CT molecular complexity index is 1610. The van der Waals surface area contributed by atoms with E-state index in [-0.39, 0.29) is 30.0 Å². The number of nitrogens with one attached hydrogen (secondary N) is 1. The molecule has 0 unspecified atom stereocenters. The summed E-state index contributed by atoms with van der Waals surface area (Å²) in [7, 11) is 0. The summed E-state index contributed by atoms with van der Waals surface area (Å²) < 4.78 is 22.0. The normalized spacial score (nSPS) is 11.5. The highest BCUT2D eigenvalue weighted by Gasteiger charge is 2.11. The maximum Gasteiger partial charge on any atom is 0.335 e. The summed E-state index contributed by atoms with van der Waals surface area (Å²) in [5.74, 6) is -1.11. The van der Waals surface area contributed by atoms with E-state index in [1.807, 2.05) is 0 Å². The van der Waals surface area contributed by atoms with Crippen molar-refractivity contribution in [2.75, 3.05) is 0 Å². The molecule has 36 heavy (non-hydrogen) atoms. The first-order chi connectivity index (χ1) is 17.2. The number of benzene rings is 3. The van der Waals surface area contributed by atoms with Crippen molar-refractivity contribution in [2.45, 2.75) is 20.0 Å². The smallest absolute Gasteiger partial charge is 0.335 e. The predicted molar refractivity (Wildman–Crippen MR) is 132 cm³/mol. The zero-order chi connectivity index (χ0) is 25.8. The van der Waals surface area contributed by atoms with E-state index in [0.717, 1.165) is 16.2 Å². The highest BCUT2D eigenvalue weighted by Crippen LogP contribution is 2.25. The molecule has 0 fully saturated rings. The minimum absolute atomic E-state index is 0.0717. The van der Waals surface area contributed by atoms with E-state index in [1.54, 1.807) is 55.5 Å². The fraction of sp³-hybridized carbons (Fsp3) is 0.120. The molecule has 11 heteroatoms. The molecule has 4 rings (SSSR count). The summed E-state index contributed by atoms with van der Waals surface area (Å²) in [5.41, 5.74) is 5.11. The minimum atomic E-state index is -0.872. The van der Waals surface area contributed by atoms with E-state index in [2.05, 4.69) is 9.98 Å². The molecule has 0 spiro atoms. The van der Waals surface area contributed by atoms with Crippen LogP contribution in [0.3, 0.4) is 0 Å². The number of hydrogen-bond donors (Lipinski definition) is 2. The zero-order valence-corrected chi connectivity index (χ0v) is 19.8. The van der Waals surface area contributed by atoms with Crippen LogP contribution in [-0.2, 0) is 13.1 Å². The predicted octanol–water partition coefficient (Wildman–Crippen LogP) is 3.32. The third kappa shape index (κ3) is 5.44. The molecule has 0 saturated heterocycles. The first kappa shape index (κ1) is 24.7. The fourth-order valence-electron chi connectivity index (χ4n) is 3.44. The molecule has 3 N–H and O–H groups in total. The number of carbonyl (C=O) groups is 1. The Balaban J connectivity index is 1.67. The van der Waals surface area contributed by atoms with E-state index >= 15 is 0 Å². The second kappa shape index (κ2) is 10.4. The number of nitrogens with zero attached hydrogens (tertiary/aromatic N) is 3. The lowest BCUT2D eigenvalue weighted by Crippen LogP contribution is -2.49. The Hall–Kier alpha value is -4.44. The number of hydrogen-bond acceptors (Lipinski definition) is 5. The van der Waals surface area contributed by atoms with Crippen molar-refractivity contribution in [1.29, 1.82) is 0 Å². The van der Waals surface area contributed by atoms with Crippen molar-refractivity contribution in [2.24, 2.45) is 10.7 Å². The zero-order valence-electron chi connectivity index (χ0n) is 19.1. The lowest BCUT2D eigenvalue weighted by molar-refractivity contribution is 0.0996. The Morgan fingerprint density at radius 3 is 2.31 bits per heavy atom. The topological polar surface area (TPSA) is 124 Å². The number of aromatic nitrogens is 3. The number of nitrogens with two attached hydrogens (primary N) is 1. The summed E-state index contributed by atoms with van der Waals surface area (Å²) in [6.45, 7) is 2.06. The second-order valence-electron chi connectivity index (χ2n) is 7.71. The third-order valence-corrected chi connectivity index (χ3v) is 5.52. The van der Waals surface area contributed by atoms with Crippen LogP contribution in [0.4, 0.5) is 10.1 Å². The van der Waals surface area contributed by atoms with Gasteiger partial charge in [-0.3, -0.25) is 14.3 Å². The monoisotopic (exact) mass is 509 g/mol. The van der Waals surface area contributed by atoms with Crippen LogP contribution in [-0.4, -0.2) is 20.0 Å². The number of halogens is 2. The molecule has 4 aromatic rings. The number of primary amides is 1. The van der Waals surface area contributed by atoms with Gasteiger partial charge in [-0.05, 0) is 61.0 Å². The number of aromatic amines is 1. The molecule has 0 aliphatic heterocycles. The summed E-state index contributed by atoms with van der Waals surface area (Å²) >= 11 is 5.96. The molecular formula is C25H21ClFN5O4.